The zero-order valence-electron chi connectivity index (χ0n) is 15.8. The zero-order chi connectivity index (χ0) is 19.9. The average molecular weight is 379 g/mol. The molecule has 3 rings (SSSR count). The third-order valence-corrected chi connectivity index (χ3v) is 4.06. The fourth-order valence-electron chi connectivity index (χ4n) is 2.50. The SMILES string of the molecule is Cc1ccc(NC(=O)CN(C)C(=O)CCc2nc(-c3ccccn3)no2)cc1. The van der Waals surface area contributed by atoms with Crippen molar-refractivity contribution in [2.45, 2.75) is 19.8 Å². The Bertz CT molecular complexity index is 938. The van der Waals surface area contributed by atoms with Gasteiger partial charge in [-0.15, -0.1) is 0 Å². The maximum Gasteiger partial charge on any atom is 0.243 e. The normalized spacial score (nSPS) is 10.5. The molecule has 3 aromatic rings. The number of nitrogens with one attached hydrogen (secondary N) is 1. The number of hydrogen-bond acceptors (Lipinski definition) is 6. The van der Waals surface area contributed by atoms with Crippen LogP contribution in [-0.2, 0) is 16.0 Å². The van der Waals surface area contributed by atoms with Gasteiger partial charge < -0.3 is 14.7 Å². The summed E-state index contributed by atoms with van der Waals surface area (Å²) < 4.78 is 5.17. The minimum absolute atomic E-state index is 0.0320. The highest BCUT2D eigenvalue weighted by atomic mass is 16.5. The van der Waals surface area contributed by atoms with Crippen LogP contribution in [0.2, 0.25) is 0 Å². The average Bonchev–Trinajstić information content (AvgIpc) is 3.17. The summed E-state index contributed by atoms with van der Waals surface area (Å²) in [5.41, 5.74) is 2.41. The van der Waals surface area contributed by atoms with Gasteiger partial charge in [0.15, 0.2) is 0 Å². The molecule has 144 valence electrons. The van der Waals surface area contributed by atoms with Crippen LogP contribution in [0.4, 0.5) is 5.69 Å². The predicted octanol–water partition coefficient (Wildman–Crippen LogP) is 2.47. The van der Waals surface area contributed by atoms with Gasteiger partial charge >= 0.3 is 0 Å². The van der Waals surface area contributed by atoms with Crippen molar-refractivity contribution in [3.8, 4) is 11.5 Å². The van der Waals surface area contributed by atoms with Crippen molar-refractivity contribution < 1.29 is 14.1 Å². The van der Waals surface area contributed by atoms with E-state index < -0.39 is 0 Å². The monoisotopic (exact) mass is 379 g/mol. The van der Waals surface area contributed by atoms with E-state index in [-0.39, 0.29) is 24.8 Å². The van der Waals surface area contributed by atoms with Crippen molar-refractivity contribution in [1.82, 2.24) is 20.0 Å². The highest BCUT2D eigenvalue weighted by molar-refractivity contribution is 5.94. The van der Waals surface area contributed by atoms with E-state index in [1.807, 2.05) is 37.3 Å². The van der Waals surface area contributed by atoms with Crippen molar-refractivity contribution in [3.63, 3.8) is 0 Å². The lowest BCUT2D eigenvalue weighted by Crippen LogP contribution is -2.35. The second-order valence-corrected chi connectivity index (χ2v) is 6.39. The van der Waals surface area contributed by atoms with Crippen LogP contribution in [0.1, 0.15) is 17.9 Å². The summed E-state index contributed by atoms with van der Waals surface area (Å²) in [6, 6.07) is 12.9. The molecule has 0 spiro atoms. The number of carbonyl (C=O) groups excluding carboxylic acids is 2. The van der Waals surface area contributed by atoms with Crippen LogP contribution in [0, 0.1) is 6.92 Å². The Morgan fingerprint density at radius 3 is 2.64 bits per heavy atom. The van der Waals surface area contributed by atoms with Gasteiger partial charge in [0.2, 0.25) is 23.5 Å². The zero-order valence-corrected chi connectivity index (χ0v) is 15.8. The van der Waals surface area contributed by atoms with Crippen molar-refractivity contribution in [2.24, 2.45) is 0 Å². The molecular formula is C20H21N5O3. The molecule has 0 aliphatic heterocycles. The Balaban J connectivity index is 1.47. The number of likely N-dealkylation sites (N-methyl/N-ethyl adjacent to an activating group) is 1. The minimum atomic E-state index is -0.255. The Morgan fingerprint density at radius 2 is 1.93 bits per heavy atom. The first-order valence-electron chi connectivity index (χ1n) is 8.86. The van der Waals surface area contributed by atoms with E-state index in [1.165, 1.54) is 4.90 Å². The number of aryl methyl sites for hydroxylation is 2. The van der Waals surface area contributed by atoms with Crippen molar-refractivity contribution >= 4 is 17.5 Å². The molecule has 0 unspecified atom stereocenters. The third-order valence-electron chi connectivity index (χ3n) is 4.06. The first-order chi connectivity index (χ1) is 13.5. The fraction of sp³-hybridized carbons (Fsp3) is 0.250. The van der Waals surface area contributed by atoms with Crippen LogP contribution in [0.15, 0.2) is 53.2 Å². The summed E-state index contributed by atoms with van der Waals surface area (Å²) >= 11 is 0. The molecule has 1 aromatic carbocycles. The molecule has 0 saturated heterocycles. The van der Waals surface area contributed by atoms with Crippen LogP contribution in [0.5, 0.6) is 0 Å². The molecule has 2 aromatic heterocycles. The molecular weight excluding hydrogens is 358 g/mol. The highest BCUT2D eigenvalue weighted by Gasteiger charge is 2.16. The number of aromatic nitrogens is 3. The van der Waals surface area contributed by atoms with E-state index in [4.69, 9.17) is 4.52 Å². The summed E-state index contributed by atoms with van der Waals surface area (Å²) in [4.78, 5) is 34.1. The van der Waals surface area contributed by atoms with Crippen LogP contribution < -0.4 is 5.32 Å². The molecule has 0 aliphatic rings. The number of benzene rings is 1. The van der Waals surface area contributed by atoms with Gasteiger partial charge in [0.25, 0.3) is 0 Å². The Morgan fingerprint density at radius 1 is 1.14 bits per heavy atom. The highest BCUT2D eigenvalue weighted by Crippen LogP contribution is 2.13. The van der Waals surface area contributed by atoms with E-state index in [0.717, 1.165) is 5.56 Å². The van der Waals surface area contributed by atoms with Gasteiger partial charge in [-0.3, -0.25) is 14.6 Å². The molecule has 0 aliphatic carbocycles. The first-order valence-corrected chi connectivity index (χ1v) is 8.86. The Hall–Kier alpha value is -3.55. The third kappa shape index (κ3) is 5.23. The smallest absolute Gasteiger partial charge is 0.243 e. The second kappa shape index (κ2) is 8.90. The lowest BCUT2D eigenvalue weighted by molar-refractivity contribution is -0.133. The van der Waals surface area contributed by atoms with E-state index in [0.29, 0.717) is 29.5 Å². The number of pyridine rings is 1. The topological polar surface area (TPSA) is 101 Å². The maximum absolute atomic E-state index is 12.3. The molecule has 0 atom stereocenters. The Kier molecular flexibility index (Phi) is 6.11. The standard InChI is InChI=1S/C20H21N5O3/c1-14-6-8-15(9-7-14)22-17(26)13-25(2)19(27)11-10-18-23-20(24-28-18)16-5-3-4-12-21-16/h3-9,12H,10-11,13H2,1-2H3,(H,22,26). The molecule has 0 radical (unpaired) electrons. The van der Waals surface area contributed by atoms with E-state index >= 15 is 0 Å². The van der Waals surface area contributed by atoms with E-state index in [1.54, 1.807) is 25.4 Å². The lowest BCUT2D eigenvalue weighted by Gasteiger charge is -2.16. The number of carbonyl (C=O) groups is 2. The second-order valence-electron chi connectivity index (χ2n) is 6.39. The maximum atomic E-state index is 12.3. The molecule has 2 heterocycles. The van der Waals surface area contributed by atoms with Crippen molar-refractivity contribution in [3.05, 3.63) is 60.1 Å². The van der Waals surface area contributed by atoms with Gasteiger partial charge in [0, 0.05) is 31.8 Å². The fourth-order valence-corrected chi connectivity index (χ4v) is 2.50. The molecule has 0 bridgehead atoms. The minimum Gasteiger partial charge on any atom is -0.339 e. The van der Waals surface area contributed by atoms with Crippen LogP contribution in [0.3, 0.4) is 0 Å². The quantitative estimate of drug-likeness (QED) is 0.677. The van der Waals surface area contributed by atoms with Crippen LogP contribution in [-0.4, -0.2) is 45.4 Å². The van der Waals surface area contributed by atoms with Crippen LogP contribution in [0.25, 0.3) is 11.5 Å². The summed E-state index contributed by atoms with van der Waals surface area (Å²) in [6.07, 6.45) is 2.10. The van der Waals surface area contributed by atoms with Gasteiger partial charge in [-0.2, -0.15) is 4.98 Å². The molecule has 0 saturated carbocycles. The molecule has 0 fully saturated rings. The summed E-state index contributed by atoms with van der Waals surface area (Å²) in [6.45, 7) is 1.94. The van der Waals surface area contributed by atoms with Crippen molar-refractivity contribution in [1.29, 1.82) is 0 Å². The van der Waals surface area contributed by atoms with E-state index in [9.17, 15) is 9.59 Å². The Labute approximate surface area is 162 Å². The van der Waals surface area contributed by atoms with Gasteiger partial charge in [-0.25, -0.2) is 0 Å². The molecule has 2 amide bonds. The predicted molar refractivity (Wildman–Crippen MR) is 103 cm³/mol. The van der Waals surface area contributed by atoms with E-state index in [2.05, 4.69) is 20.4 Å². The number of anilines is 1. The summed E-state index contributed by atoms with van der Waals surface area (Å²) in [5.74, 6) is 0.298. The largest absolute Gasteiger partial charge is 0.339 e. The van der Waals surface area contributed by atoms with Gasteiger partial charge in [0.05, 0.1) is 6.54 Å². The first kappa shape index (κ1) is 19.2. The van der Waals surface area contributed by atoms with Gasteiger partial charge in [-0.1, -0.05) is 28.9 Å². The van der Waals surface area contributed by atoms with Gasteiger partial charge in [0.1, 0.15) is 5.69 Å². The lowest BCUT2D eigenvalue weighted by atomic mass is 10.2. The number of amides is 2. The summed E-state index contributed by atoms with van der Waals surface area (Å²) in [5, 5.41) is 6.64. The molecule has 8 nitrogen and oxygen atoms in total. The summed E-state index contributed by atoms with van der Waals surface area (Å²) in [7, 11) is 1.59. The van der Waals surface area contributed by atoms with Gasteiger partial charge in [-0.05, 0) is 31.2 Å². The number of hydrogen-bond donors (Lipinski definition) is 1. The molecule has 1 N–H and O–H groups in total. The molecule has 8 heteroatoms. The molecule has 28 heavy (non-hydrogen) atoms. The van der Waals surface area contributed by atoms with Crippen LogP contribution >= 0.6 is 0 Å². The van der Waals surface area contributed by atoms with Crippen molar-refractivity contribution in [2.75, 3.05) is 18.9 Å². The number of rotatable bonds is 7. The number of nitrogens with zero attached hydrogens (tertiary/aromatic N) is 4.